The first kappa shape index (κ1) is 17.5. The lowest BCUT2D eigenvalue weighted by Gasteiger charge is -2.30. The summed E-state index contributed by atoms with van der Waals surface area (Å²) >= 11 is 0. The molecular weight excluding hydrogens is 312 g/mol. The molecule has 25 heavy (non-hydrogen) atoms. The van der Waals surface area contributed by atoms with Crippen LogP contribution in [0.15, 0.2) is 60.7 Å². The van der Waals surface area contributed by atoms with E-state index in [9.17, 15) is 4.79 Å². The van der Waals surface area contributed by atoms with Crippen LogP contribution in [0.25, 0.3) is 0 Å². The topological polar surface area (TPSA) is 32.8 Å². The van der Waals surface area contributed by atoms with E-state index in [4.69, 9.17) is 4.74 Å². The van der Waals surface area contributed by atoms with Crippen LogP contribution in [-0.2, 0) is 0 Å². The summed E-state index contributed by atoms with van der Waals surface area (Å²) < 4.78 is 5.48. The zero-order valence-electron chi connectivity index (χ0n) is 14.8. The monoisotopic (exact) mass is 338 g/mol. The molecule has 1 atom stereocenters. The van der Waals surface area contributed by atoms with Gasteiger partial charge in [0.2, 0.25) is 0 Å². The Balaban J connectivity index is 1.61. The maximum atomic E-state index is 12.4. The van der Waals surface area contributed by atoms with Gasteiger partial charge in [-0.1, -0.05) is 55.5 Å². The van der Waals surface area contributed by atoms with Crippen LogP contribution in [0.5, 0.6) is 5.75 Å². The van der Waals surface area contributed by atoms with Crippen LogP contribution in [0.3, 0.4) is 0 Å². The van der Waals surface area contributed by atoms with Crippen molar-refractivity contribution in [2.24, 2.45) is 0 Å². The quantitative estimate of drug-likeness (QED) is 0.831. The van der Waals surface area contributed by atoms with Gasteiger partial charge in [0.05, 0.1) is 0 Å². The van der Waals surface area contributed by atoms with E-state index in [1.54, 1.807) is 0 Å². The SMILES string of the molecule is CCC(c1ccccc1)N1CCCN(C(=O)Oc2ccccc2)CC1. The van der Waals surface area contributed by atoms with E-state index in [-0.39, 0.29) is 6.09 Å². The minimum Gasteiger partial charge on any atom is -0.410 e. The van der Waals surface area contributed by atoms with Gasteiger partial charge < -0.3 is 9.64 Å². The van der Waals surface area contributed by atoms with Crippen LogP contribution in [0.2, 0.25) is 0 Å². The lowest BCUT2D eigenvalue weighted by molar-refractivity contribution is 0.150. The van der Waals surface area contributed by atoms with Crippen molar-refractivity contribution in [1.82, 2.24) is 9.80 Å². The average molecular weight is 338 g/mol. The minimum atomic E-state index is -0.249. The number of carbonyl (C=O) groups is 1. The summed E-state index contributed by atoms with van der Waals surface area (Å²) in [7, 11) is 0. The summed E-state index contributed by atoms with van der Waals surface area (Å²) in [6.07, 6.45) is 1.78. The molecule has 1 unspecified atom stereocenters. The van der Waals surface area contributed by atoms with Crippen LogP contribution < -0.4 is 4.74 Å². The van der Waals surface area contributed by atoms with Crippen molar-refractivity contribution in [2.75, 3.05) is 26.2 Å². The van der Waals surface area contributed by atoms with Crippen LogP contribution in [-0.4, -0.2) is 42.1 Å². The normalized spacial score (nSPS) is 16.9. The van der Waals surface area contributed by atoms with Crippen molar-refractivity contribution in [3.63, 3.8) is 0 Å². The highest BCUT2D eigenvalue weighted by Crippen LogP contribution is 2.25. The fourth-order valence-corrected chi connectivity index (χ4v) is 3.47. The summed E-state index contributed by atoms with van der Waals surface area (Å²) in [6.45, 7) is 5.55. The van der Waals surface area contributed by atoms with Gasteiger partial charge in [-0.25, -0.2) is 4.79 Å². The van der Waals surface area contributed by atoms with E-state index < -0.39 is 0 Å². The van der Waals surface area contributed by atoms with Gasteiger partial charge in [-0.15, -0.1) is 0 Å². The average Bonchev–Trinajstić information content (AvgIpc) is 2.90. The smallest absolute Gasteiger partial charge is 0.410 e. The van der Waals surface area contributed by atoms with Crippen molar-refractivity contribution in [1.29, 1.82) is 0 Å². The van der Waals surface area contributed by atoms with E-state index >= 15 is 0 Å². The molecule has 1 amide bonds. The summed E-state index contributed by atoms with van der Waals surface area (Å²) in [4.78, 5) is 16.7. The molecular formula is C21H26N2O2. The molecule has 0 bridgehead atoms. The van der Waals surface area contributed by atoms with Crippen LogP contribution in [0, 0.1) is 0 Å². The van der Waals surface area contributed by atoms with Gasteiger partial charge in [-0.2, -0.15) is 0 Å². The van der Waals surface area contributed by atoms with E-state index in [0.717, 1.165) is 32.5 Å². The van der Waals surface area contributed by atoms with Crippen molar-refractivity contribution < 1.29 is 9.53 Å². The van der Waals surface area contributed by atoms with Gasteiger partial charge in [0.25, 0.3) is 0 Å². The number of benzene rings is 2. The first-order valence-corrected chi connectivity index (χ1v) is 9.08. The molecule has 1 heterocycles. The minimum absolute atomic E-state index is 0.249. The van der Waals surface area contributed by atoms with Crippen molar-refractivity contribution in [3.8, 4) is 5.75 Å². The third-order valence-corrected chi connectivity index (χ3v) is 4.75. The number of carbonyl (C=O) groups excluding carboxylic acids is 1. The molecule has 1 saturated heterocycles. The van der Waals surface area contributed by atoms with Gasteiger partial charge in [0.15, 0.2) is 0 Å². The lowest BCUT2D eigenvalue weighted by atomic mass is 10.0. The van der Waals surface area contributed by atoms with E-state index in [1.807, 2.05) is 35.2 Å². The number of amides is 1. The van der Waals surface area contributed by atoms with Crippen molar-refractivity contribution in [2.45, 2.75) is 25.8 Å². The molecule has 1 aliphatic rings. The van der Waals surface area contributed by atoms with Gasteiger partial charge in [0.1, 0.15) is 5.75 Å². The third-order valence-electron chi connectivity index (χ3n) is 4.75. The molecule has 4 nitrogen and oxygen atoms in total. The Kier molecular flexibility index (Phi) is 6.07. The molecule has 0 N–H and O–H groups in total. The Hall–Kier alpha value is -2.33. The molecule has 132 valence electrons. The summed E-state index contributed by atoms with van der Waals surface area (Å²) in [5.74, 6) is 0.601. The number of rotatable bonds is 4. The number of hydrogen-bond acceptors (Lipinski definition) is 3. The standard InChI is InChI=1S/C21H26N2O2/c1-2-20(18-10-5-3-6-11-18)22-14-9-15-23(17-16-22)21(24)25-19-12-7-4-8-13-19/h3-8,10-13,20H,2,9,14-17H2,1H3. The molecule has 2 aromatic rings. The maximum absolute atomic E-state index is 12.4. The molecule has 0 radical (unpaired) electrons. The zero-order valence-corrected chi connectivity index (χ0v) is 14.8. The van der Waals surface area contributed by atoms with Gasteiger partial charge in [-0.05, 0) is 30.5 Å². The number of para-hydroxylation sites is 1. The first-order chi connectivity index (χ1) is 12.3. The Morgan fingerprint density at radius 3 is 2.32 bits per heavy atom. The number of nitrogens with zero attached hydrogens (tertiary/aromatic N) is 2. The molecule has 2 aromatic carbocycles. The molecule has 0 aromatic heterocycles. The highest BCUT2D eigenvalue weighted by molar-refractivity contribution is 5.70. The van der Waals surface area contributed by atoms with Crippen LogP contribution in [0.4, 0.5) is 4.79 Å². The fourth-order valence-electron chi connectivity index (χ4n) is 3.47. The van der Waals surface area contributed by atoms with Gasteiger partial charge in [-0.3, -0.25) is 4.90 Å². The second-order valence-corrected chi connectivity index (χ2v) is 6.39. The molecule has 0 saturated carbocycles. The molecule has 3 rings (SSSR count). The number of hydrogen-bond donors (Lipinski definition) is 0. The van der Waals surface area contributed by atoms with Crippen LogP contribution in [0.1, 0.15) is 31.4 Å². The Morgan fingerprint density at radius 1 is 0.960 bits per heavy atom. The Bertz CT molecular complexity index is 660. The Labute approximate surface area is 150 Å². The largest absolute Gasteiger partial charge is 0.415 e. The maximum Gasteiger partial charge on any atom is 0.415 e. The molecule has 1 aliphatic heterocycles. The second-order valence-electron chi connectivity index (χ2n) is 6.39. The van der Waals surface area contributed by atoms with E-state index in [1.165, 1.54) is 5.56 Å². The fraction of sp³-hybridized carbons (Fsp3) is 0.381. The molecule has 0 spiro atoms. The lowest BCUT2D eigenvalue weighted by Crippen LogP contribution is -2.37. The van der Waals surface area contributed by atoms with Crippen LogP contribution >= 0.6 is 0 Å². The van der Waals surface area contributed by atoms with Gasteiger partial charge in [0, 0.05) is 32.2 Å². The third kappa shape index (κ3) is 4.60. The highest BCUT2D eigenvalue weighted by Gasteiger charge is 2.25. The van der Waals surface area contributed by atoms with Crippen molar-refractivity contribution in [3.05, 3.63) is 66.2 Å². The second kappa shape index (κ2) is 8.67. The zero-order chi connectivity index (χ0) is 17.5. The molecule has 4 heteroatoms. The van der Waals surface area contributed by atoms with E-state index in [2.05, 4.69) is 42.2 Å². The first-order valence-electron chi connectivity index (χ1n) is 9.08. The van der Waals surface area contributed by atoms with Gasteiger partial charge >= 0.3 is 6.09 Å². The summed E-state index contributed by atoms with van der Waals surface area (Å²) in [5, 5.41) is 0. The van der Waals surface area contributed by atoms with Crippen molar-refractivity contribution >= 4 is 6.09 Å². The Morgan fingerprint density at radius 2 is 1.64 bits per heavy atom. The summed E-state index contributed by atoms with van der Waals surface area (Å²) in [6, 6.07) is 20.3. The number of ether oxygens (including phenoxy) is 1. The highest BCUT2D eigenvalue weighted by atomic mass is 16.6. The predicted molar refractivity (Wildman–Crippen MR) is 99.7 cm³/mol. The summed E-state index contributed by atoms with van der Waals surface area (Å²) in [5.41, 5.74) is 1.35. The van der Waals surface area contributed by atoms with E-state index in [0.29, 0.717) is 18.3 Å². The predicted octanol–water partition coefficient (Wildman–Crippen LogP) is 4.34. The molecule has 1 fully saturated rings. The molecule has 0 aliphatic carbocycles.